The van der Waals surface area contributed by atoms with Crippen molar-refractivity contribution in [1.82, 2.24) is 0 Å². The van der Waals surface area contributed by atoms with E-state index in [1.54, 1.807) is 0 Å². The summed E-state index contributed by atoms with van der Waals surface area (Å²) in [4.78, 5) is 1.95. The normalized spacial score (nSPS) is 12.6. The molecular weight excluding hydrogens is 360 g/mol. The fraction of sp³-hybridized carbons (Fsp3) is 0.538. The Morgan fingerprint density at radius 1 is 0.714 bits per heavy atom. The summed E-state index contributed by atoms with van der Waals surface area (Å²) < 4.78 is 13.9. The van der Waals surface area contributed by atoms with Gasteiger partial charge in [0.2, 0.25) is 0 Å². The van der Waals surface area contributed by atoms with Crippen molar-refractivity contribution in [2.75, 3.05) is 0 Å². The largest absolute Gasteiger partial charge is 0.249 e. The van der Waals surface area contributed by atoms with Gasteiger partial charge in [-0.15, -0.1) is 0 Å². The fourth-order valence-electron chi connectivity index (χ4n) is 4.31. The van der Waals surface area contributed by atoms with E-state index in [2.05, 4.69) is 91.8 Å². The molecule has 0 spiro atoms. The number of aryl methyl sites for hydroxylation is 2. The van der Waals surface area contributed by atoms with Gasteiger partial charge in [-0.2, -0.15) is 0 Å². The molecule has 1 nitrogen and oxygen atoms in total. The first-order chi connectivity index (χ1) is 13.0. The maximum absolute atomic E-state index is 13.9. The molecule has 0 unspecified atom stereocenters. The van der Waals surface area contributed by atoms with Crippen LogP contribution in [0.25, 0.3) is 0 Å². The van der Waals surface area contributed by atoms with Gasteiger partial charge in [0.25, 0.3) is 0 Å². The van der Waals surface area contributed by atoms with Gasteiger partial charge >= 0.3 is 0 Å². The Hall–Kier alpha value is -1.41. The van der Waals surface area contributed by atoms with Gasteiger partial charge in [0, 0.05) is 9.79 Å². The van der Waals surface area contributed by atoms with E-state index in [4.69, 9.17) is 0 Å². The second-order valence-corrected chi connectivity index (χ2v) is 11.0. The van der Waals surface area contributed by atoms with E-state index >= 15 is 0 Å². The van der Waals surface area contributed by atoms with E-state index in [0.717, 1.165) is 35.5 Å². The predicted molar refractivity (Wildman–Crippen MR) is 123 cm³/mol. The van der Waals surface area contributed by atoms with Crippen molar-refractivity contribution >= 4 is 10.8 Å². The second kappa shape index (κ2) is 8.95. The molecule has 0 amide bonds. The Labute approximate surface area is 175 Å². The molecule has 0 aliphatic heterocycles. The highest BCUT2D eigenvalue weighted by atomic mass is 32.2. The maximum atomic E-state index is 13.9. The van der Waals surface area contributed by atoms with Crippen LogP contribution in [0.2, 0.25) is 0 Å². The molecule has 2 aromatic carbocycles. The Balaban J connectivity index is 2.66. The molecule has 0 N–H and O–H groups in total. The Kier molecular flexibility index (Phi) is 7.31. The van der Waals surface area contributed by atoms with Crippen LogP contribution in [0.1, 0.15) is 89.5 Å². The molecule has 0 fully saturated rings. The van der Waals surface area contributed by atoms with Gasteiger partial charge in [-0.05, 0) is 60.8 Å². The maximum Gasteiger partial charge on any atom is 0.0855 e. The van der Waals surface area contributed by atoms with Crippen molar-refractivity contribution in [1.29, 1.82) is 0 Å². The van der Waals surface area contributed by atoms with Gasteiger partial charge in [0.15, 0.2) is 0 Å². The lowest BCUT2D eigenvalue weighted by Gasteiger charge is -2.30. The first-order valence-corrected chi connectivity index (χ1v) is 11.8. The van der Waals surface area contributed by atoms with E-state index in [-0.39, 0.29) is 10.8 Å². The Bertz CT molecular complexity index is 776. The van der Waals surface area contributed by atoms with Crippen molar-refractivity contribution in [2.24, 2.45) is 0 Å². The Morgan fingerprint density at radius 2 is 1.07 bits per heavy atom. The van der Waals surface area contributed by atoms with E-state index < -0.39 is 10.8 Å². The summed E-state index contributed by atoms with van der Waals surface area (Å²) in [6, 6.07) is 12.9. The average molecular weight is 399 g/mol. The van der Waals surface area contributed by atoms with Gasteiger partial charge in [0.1, 0.15) is 0 Å². The zero-order chi connectivity index (χ0) is 21.1. The first kappa shape index (κ1) is 22.9. The highest BCUT2D eigenvalue weighted by molar-refractivity contribution is 7.85. The lowest BCUT2D eigenvalue weighted by molar-refractivity contribution is 0.461. The third-order valence-corrected chi connectivity index (χ3v) is 7.39. The van der Waals surface area contributed by atoms with Gasteiger partial charge < -0.3 is 0 Å². The second-order valence-electron chi connectivity index (χ2n) is 9.54. The monoisotopic (exact) mass is 398 g/mol. The zero-order valence-corrected chi connectivity index (χ0v) is 19.9. The molecule has 0 aliphatic rings. The number of hydrogen-bond donors (Lipinski definition) is 0. The topological polar surface area (TPSA) is 17.1 Å². The van der Waals surface area contributed by atoms with Crippen LogP contribution in [-0.2, 0) is 21.6 Å². The summed E-state index contributed by atoms with van der Waals surface area (Å²) in [5.41, 5.74) is 4.94. The third-order valence-electron chi connectivity index (χ3n) is 5.88. The molecule has 28 heavy (non-hydrogen) atoms. The van der Waals surface area contributed by atoms with Crippen LogP contribution in [0, 0.1) is 13.8 Å². The van der Waals surface area contributed by atoms with Crippen molar-refractivity contribution in [2.45, 2.75) is 102 Å². The van der Waals surface area contributed by atoms with Crippen molar-refractivity contribution in [3.05, 3.63) is 58.7 Å². The molecular formula is C26H38OS. The van der Waals surface area contributed by atoms with E-state index in [1.807, 2.05) is 0 Å². The van der Waals surface area contributed by atoms with Gasteiger partial charge in [-0.1, -0.05) is 89.8 Å². The van der Waals surface area contributed by atoms with Crippen LogP contribution in [0.4, 0.5) is 0 Å². The van der Waals surface area contributed by atoms with Crippen LogP contribution >= 0.6 is 0 Å². The average Bonchev–Trinajstić information content (AvgIpc) is 2.61. The minimum atomic E-state index is -1.19. The molecule has 0 aromatic heterocycles. The summed E-state index contributed by atoms with van der Waals surface area (Å²) in [5.74, 6) is 0. The summed E-state index contributed by atoms with van der Waals surface area (Å²) in [5, 5.41) is 0. The van der Waals surface area contributed by atoms with Gasteiger partial charge in [-0.25, -0.2) is 4.21 Å². The fourth-order valence-corrected chi connectivity index (χ4v) is 6.00. The standard InChI is InChI=1S/C26H38OS/c1-9-15-25(5,6)21-17-19(3)11-13-23(21)28(27)24-14-12-20(4)18-22(24)26(7,8)16-10-2/h11-14,17-18H,9-10,15-16H2,1-8H3. The van der Waals surface area contributed by atoms with Crippen molar-refractivity contribution < 1.29 is 4.21 Å². The summed E-state index contributed by atoms with van der Waals surface area (Å²) in [6.45, 7) is 17.8. The molecule has 154 valence electrons. The first-order valence-electron chi connectivity index (χ1n) is 10.7. The minimum Gasteiger partial charge on any atom is -0.249 e. The molecule has 2 aromatic rings. The number of hydrogen-bond acceptors (Lipinski definition) is 1. The zero-order valence-electron chi connectivity index (χ0n) is 19.1. The lowest BCUT2D eigenvalue weighted by Crippen LogP contribution is -2.22. The highest BCUT2D eigenvalue weighted by Gasteiger charge is 2.29. The molecule has 0 heterocycles. The van der Waals surface area contributed by atoms with Crippen LogP contribution in [0.15, 0.2) is 46.2 Å². The molecule has 2 rings (SSSR count). The molecule has 0 aliphatic carbocycles. The quantitative estimate of drug-likeness (QED) is 0.447. The summed E-state index contributed by atoms with van der Waals surface area (Å²) >= 11 is 0. The van der Waals surface area contributed by atoms with Gasteiger partial charge in [-0.3, -0.25) is 0 Å². The third kappa shape index (κ3) is 4.95. The molecule has 2 heteroatoms. The highest BCUT2D eigenvalue weighted by Crippen LogP contribution is 2.38. The van der Waals surface area contributed by atoms with E-state index in [9.17, 15) is 4.21 Å². The minimum absolute atomic E-state index is 0.00948. The molecule has 0 saturated carbocycles. The van der Waals surface area contributed by atoms with Crippen molar-refractivity contribution in [3.8, 4) is 0 Å². The van der Waals surface area contributed by atoms with Crippen LogP contribution < -0.4 is 0 Å². The van der Waals surface area contributed by atoms with E-state index in [1.165, 1.54) is 22.3 Å². The van der Waals surface area contributed by atoms with E-state index in [0.29, 0.717) is 0 Å². The number of rotatable bonds is 8. The van der Waals surface area contributed by atoms with Gasteiger partial charge in [0.05, 0.1) is 10.8 Å². The van der Waals surface area contributed by atoms with Crippen LogP contribution in [0.5, 0.6) is 0 Å². The van der Waals surface area contributed by atoms with Crippen molar-refractivity contribution in [3.63, 3.8) is 0 Å². The Morgan fingerprint density at radius 3 is 1.39 bits per heavy atom. The molecule has 0 bridgehead atoms. The predicted octanol–water partition coefficient (Wildman–Crippen LogP) is 7.63. The summed E-state index contributed by atoms with van der Waals surface area (Å²) in [6.07, 6.45) is 4.41. The summed E-state index contributed by atoms with van der Waals surface area (Å²) in [7, 11) is -1.19. The SMILES string of the molecule is CCCC(C)(C)c1cc(C)ccc1S(=O)c1ccc(C)cc1C(C)(C)CCC. The lowest BCUT2D eigenvalue weighted by atomic mass is 9.80. The van der Waals surface area contributed by atoms with Crippen LogP contribution in [-0.4, -0.2) is 4.21 Å². The molecule has 0 radical (unpaired) electrons. The molecule has 0 saturated heterocycles. The smallest absolute Gasteiger partial charge is 0.0855 e. The number of benzene rings is 2. The molecule has 0 atom stereocenters. The van der Waals surface area contributed by atoms with Crippen LogP contribution in [0.3, 0.4) is 0 Å².